The summed E-state index contributed by atoms with van der Waals surface area (Å²) in [5.74, 6) is -0.0122. The van der Waals surface area contributed by atoms with Crippen LogP contribution in [0.2, 0.25) is 5.02 Å². The van der Waals surface area contributed by atoms with Crippen molar-refractivity contribution < 1.29 is 9.53 Å². The predicted octanol–water partition coefficient (Wildman–Crippen LogP) is 2.13. The number of hydrogen-bond acceptors (Lipinski definition) is 4. The Morgan fingerprint density at radius 3 is 2.64 bits per heavy atom. The number of hydrogen-bond donors (Lipinski definition) is 0. The van der Waals surface area contributed by atoms with E-state index in [1.54, 1.807) is 15.8 Å². The maximum atomic E-state index is 13.0. The first kappa shape index (κ1) is 17.9. The van der Waals surface area contributed by atoms with Crippen LogP contribution in [0.5, 0.6) is 0 Å². The number of nitrogens with zero attached hydrogens (tertiary/aromatic N) is 5. The van der Waals surface area contributed by atoms with E-state index in [9.17, 15) is 4.79 Å². The Bertz CT molecular complexity index is 776. The summed E-state index contributed by atoms with van der Waals surface area (Å²) >= 11 is 6.25. The smallest absolute Gasteiger partial charge is 0.252 e. The molecule has 0 saturated carbocycles. The number of aryl methyl sites for hydroxylation is 3. The topological polar surface area (TPSA) is 65.2 Å². The van der Waals surface area contributed by atoms with Gasteiger partial charge in [-0.3, -0.25) is 14.2 Å². The molecular formula is C17H24ClN5O2. The van der Waals surface area contributed by atoms with Crippen LogP contribution in [0.25, 0.3) is 0 Å². The van der Waals surface area contributed by atoms with Crippen LogP contribution in [0.3, 0.4) is 0 Å². The van der Waals surface area contributed by atoms with Gasteiger partial charge in [0.2, 0.25) is 0 Å². The summed E-state index contributed by atoms with van der Waals surface area (Å²) < 4.78 is 9.10. The van der Waals surface area contributed by atoms with E-state index in [0.717, 1.165) is 29.8 Å². The molecule has 136 valence electrons. The zero-order valence-corrected chi connectivity index (χ0v) is 15.9. The molecule has 3 rings (SSSR count). The number of ether oxygens (including phenoxy) is 1. The highest BCUT2D eigenvalue weighted by Gasteiger charge is 2.30. The van der Waals surface area contributed by atoms with Crippen LogP contribution in [0.1, 0.15) is 35.5 Å². The SMILES string of the molecule is Cc1nn(C)c(C)c1CN(Cc1nn(C)cc1Cl)C(=O)[C@H]1CCCO1. The second-order valence-corrected chi connectivity index (χ2v) is 6.97. The Hall–Kier alpha value is -1.86. The highest BCUT2D eigenvalue weighted by Crippen LogP contribution is 2.23. The number of rotatable bonds is 5. The van der Waals surface area contributed by atoms with Crippen molar-refractivity contribution >= 4 is 17.5 Å². The van der Waals surface area contributed by atoms with Gasteiger partial charge in [-0.05, 0) is 26.7 Å². The van der Waals surface area contributed by atoms with Gasteiger partial charge in [-0.15, -0.1) is 0 Å². The molecule has 0 radical (unpaired) electrons. The summed E-state index contributed by atoms with van der Waals surface area (Å²) in [4.78, 5) is 14.8. The molecule has 1 aliphatic heterocycles. The number of carbonyl (C=O) groups excluding carboxylic acids is 1. The van der Waals surface area contributed by atoms with Gasteiger partial charge in [-0.1, -0.05) is 11.6 Å². The number of aromatic nitrogens is 4. The molecule has 0 N–H and O–H groups in total. The molecule has 2 aromatic heterocycles. The quantitative estimate of drug-likeness (QED) is 0.814. The van der Waals surface area contributed by atoms with Crippen LogP contribution in [-0.4, -0.2) is 43.1 Å². The molecule has 1 amide bonds. The van der Waals surface area contributed by atoms with Crippen molar-refractivity contribution in [1.29, 1.82) is 0 Å². The molecule has 1 aliphatic rings. The molecule has 2 aromatic rings. The summed E-state index contributed by atoms with van der Waals surface area (Å²) in [6, 6.07) is 0. The Labute approximate surface area is 152 Å². The zero-order chi connectivity index (χ0) is 18.1. The number of halogens is 1. The average molecular weight is 366 g/mol. The highest BCUT2D eigenvalue weighted by atomic mass is 35.5. The lowest BCUT2D eigenvalue weighted by Crippen LogP contribution is -2.38. The second-order valence-electron chi connectivity index (χ2n) is 6.57. The van der Waals surface area contributed by atoms with Crippen LogP contribution in [0, 0.1) is 13.8 Å². The highest BCUT2D eigenvalue weighted by molar-refractivity contribution is 6.31. The van der Waals surface area contributed by atoms with Gasteiger partial charge in [0.1, 0.15) is 11.8 Å². The van der Waals surface area contributed by atoms with Crippen molar-refractivity contribution in [1.82, 2.24) is 24.5 Å². The van der Waals surface area contributed by atoms with Gasteiger partial charge in [-0.25, -0.2) is 0 Å². The molecule has 0 spiro atoms. The minimum atomic E-state index is -0.375. The Kier molecular flexibility index (Phi) is 5.15. The van der Waals surface area contributed by atoms with E-state index in [4.69, 9.17) is 16.3 Å². The zero-order valence-electron chi connectivity index (χ0n) is 15.1. The van der Waals surface area contributed by atoms with Gasteiger partial charge in [0, 0.05) is 44.7 Å². The molecule has 0 unspecified atom stereocenters. The van der Waals surface area contributed by atoms with E-state index in [0.29, 0.717) is 30.4 Å². The number of carbonyl (C=O) groups is 1. The molecule has 0 aliphatic carbocycles. The van der Waals surface area contributed by atoms with Gasteiger partial charge < -0.3 is 9.64 Å². The van der Waals surface area contributed by atoms with Crippen LogP contribution >= 0.6 is 11.6 Å². The molecular weight excluding hydrogens is 342 g/mol. The van der Waals surface area contributed by atoms with E-state index in [-0.39, 0.29) is 12.0 Å². The van der Waals surface area contributed by atoms with Crippen molar-refractivity contribution in [3.63, 3.8) is 0 Å². The van der Waals surface area contributed by atoms with Gasteiger partial charge >= 0.3 is 0 Å². The molecule has 0 aromatic carbocycles. The van der Waals surface area contributed by atoms with Crippen LogP contribution in [0.15, 0.2) is 6.20 Å². The predicted molar refractivity (Wildman–Crippen MR) is 94.1 cm³/mol. The summed E-state index contributed by atoms with van der Waals surface area (Å²) in [7, 11) is 3.73. The lowest BCUT2D eigenvalue weighted by Gasteiger charge is -2.25. The molecule has 3 heterocycles. The van der Waals surface area contributed by atoms with Gasteiger partial charge in [-0.2, -0.15) is 10.2 Å². The van der Waals surface area contributed by atoms with E-state index in [1.807, 2.05) is 32.6 Å². The monoisotopic (exact) mass is 365 g/mol. The summed E-state index contributed by atoms with van der Waals surface area (Å²) in [6.45, 7) is 5.44. The van der Waals surface area contributed by atoms with Crippen LogP contribution in [-0.2, 0) is 36.7 Å². The van der Waals surface area contributed by atoms with Crippen LogP contribution < -0.4 is 0 Å². The third kappa shape index (κ3) is 3.72. The number of amides is 1. The fraction of sp³-hybridized carbons (Fsp3) is 0.588. The molecule has 1 atom stereocenters. The van der Waals surface area contributed by atoms with E-state index >= 15 is 0 Å². The lowest BCUT2D eigenvalue weighted by molar-refractivity contribution is -0.142. The Morgan fingerprint density at radius 1 is 1.36 bits per heavy atom. The van der Waals surface area contributed by atoms with Gasteiger partial charge in [0.05, 0.1) is 17.3 Å². The van der Waals surface area contributed by atoms with Crippen molar-refractivity contribution in [2.45, 2.75) is 45.9 Å². The summed E-state index contributed by atoms with van der Waals surface area (Å²) in [5, 5.41) is 9.39. The maximum Gasteiger partial charge on any atom is 0.252 e. The Morgan fingerprint density at radius 2 is 2.12 bits per heavy atom. The van der Waals surface area contributed by atoms with Crippen molar-refractivity contribution in [2.24, 2.45) is 14.1 Å². The molecule has 0 bridgehead atoms. The third-order valence-electron chi connectivity index (χ3n) is 4.72. The van der Waals surface area contributed by atoms with Crippen molar-refractivity contribution in [3.05, 3.63) is 33.9 Å². The normalized spacial score (nSPS) is 17.2. The molecule has 8 heteroatoms. The standard InChI is InChI=1S/C17H24ClN5O2/c1-11-13(12(2)22(4)19-11)8-23(17(24)16-6-5-7-25-16)10-15-14(18)9-21(3)20-15/h9,16H,5-8,10H2,1-4H3/t16-/m1/s1. The van der Waals surface area contributed by atoms with E-state index < -0.39 is 0 Å². The maximum absolute atomic E-state index is 13.0. The van der Waals surface area contributed by atoms with Crippen molar-refractivity contribution in [2.75, 3.05) is 6.61 Å². The summed E-state index contributed by atoms with van der Waals surface area (Å²) in [5.41, 5.74) is 3.72. The van der Waals surface area contributed by atoms with Gasteiger partial charge in [0.15, 0.2) is 0 Å². The molecule has 7 nitrogen and oxygen atoms in total. The Balaban J connectivity index is 1.88. The molecule has 1 saturated heterocycles. The fourth-order valence-electron chi connectivity index (χ4n) is 3.22. The summed E-state index contributed by atoms with van der Waals surface area (Å²) in [6.07, 6.45) is 3.04. The first-order valence-electron chi connectivity index (χ1n) is 8.44. The fourth-order valence-corrected chi connectivity index (χ4v) is 3.46. The second kappa shape index (κ2) is 7.17. The lowest BCUT2D eigenvalue weighted by atomic mass is 10.1. The average Bonchev–Trinajstić information content (AvgIpc) is 3.24. The minimum absolute atomic E-state index is 0.0122. The van der Waals surface area contributed by atoms with E-state index in [2.05, 4.69) is 10.2 Å². The first-order chi connectivity index (χ1) is 11.9. The van der Waals surface area contributed by atoms with Crippen LogP contribution in [0.4, 0.5) is 0 Å². The largest absolute Gasteiger partial charge is 0.368 e. The first-order valence-corrected chi connectivity index (χ1v) is 8.82. The third-order valence-corrected chi connectivity index (χ3v) is 5.04. The minimum Gasteiger partial charge on any atom is -0.368 e. The molecule has 1 fully saturated rings. The molecule has 25 heavy (non-hydrogen) atoms. The van der Waals surface area contributed by atoms with E-state index in [1.165, 1.54) is 0 Å². The van der Waals surface area contributed by atoms with Crippen molar-refractivity contribution in [3.8, 4) is 0 Å². The van der Waals surface area contributed by atoms with Gasteiger partial charge in [0.25, 0.3) is 5.91 Å².